The number of hydrogen-bond acceptors (Lipinski definition) is 6. The average Bonchev–Trinajstić information content (AvgIpc) is 3.03. The van der Waals surface area contributed by atoms with Crippen molar-refractivity contribution in [1.29, 1.82) is 0 Å². The summed E-state index contributed by atoms with van der Waals surface area (Å²) >= 11 is 1.45. The predicted octanol–water partition coefficient (Wildman–Crippen LogP) is 3.16. The summed E-state index contributed by atoms with van der Waals surface area (Å²) in [4.78, 5) is 12.8. The van der Waals surface area contributed by atoms with E-state index in [0.29, 0.717) is 16.3 Å². The summed E-state index contributed by atoms with van der Waals surface area (Å²) in [6, 6.07) is 2.56. The van der Waals surface area contributed by atoms with Crippen molar-refractivity contribution in [1.82, 2.24) is 19.5 Å². The molecule has 0 fully saturated rings. The van der Waals surface area contributed by atoms with E-state index < -0.39 is 24.3 Å². The fourth-order valence-corrected chi connectivity index (χ4v) is 3.59. The number of thioether (sulfide) groups is 1. The van der Waals surface area contributed by atoms with Crippen molar-refractivity contribution < 1.29 is 13.9 Å². The standard InChI is InChI=1S/C17H19F2N5OS/c1-2-3-7-26-17-22-15(20)14-16(23-17)24(9-21-14)12(8-25)13-10(18)5-4-6-11(13)19/h4-6,9,12,25H,2-3,7-8H2,1H3,(H2,20,22,23). The Labute approximate surface area is 153 Å². The molecule has 0 bridgehead atoms. The minimum absolute atomic E-state index is 0.193. The molecule has 138 valence electrons. The van der Waals surface area contributed by atoms with Crippen LogP contribution < -0.4 is 5.73 Å². The fraction of sp³-hybridized carbons (Fsp3) is 0.353. The molecule has 3 N–H and O–H groups in total. The first-order valence-electron chi connectivity index (χ1n) is 8.24. The molecule has 6 nitrogen and oxygen atoms in total. The Kier molecular flexibility index (Phi) is 5.67. The van der Waals surface area contributed by atoms with E-state index in [0.717, 1.165) is 30.7 Å². The predicted molar refractivity (Wildman–Crippen MR) is 97.0 cm³/mol. The van der Waals surface area contributed by atoms with Crippen molar-refractivity contribution in [2.75, 3.05) is 18.1 Å². The molecule has 0 amide bonds. The molecule has 1 aromatic carbocycles. The van der Waals surface area contributed by atoms with E-state index in [2.05, 4.69) is 21.9 Å². The molecular weight excluding hydrogens is 360 g/mol. The van der Waals surface area contributed by atoms with Gasteiger partial charge in [0.25, 0.3) is 0 Å². The highest BCUT2D eigenvalue weighted by atomic mass is 32.2. The van der Waals surface area contributed by atoms with Gasteiger partial charge < -0.3 is 15.4 Å². The maximum Gasteiger partial charge on any atom is 0.191 e. The third-order valence-electron chi connectivity index (χ3n) is 4.00. The number of aromatic nitrogens is 4. The van der Waals surface area contributed by atoms with Gasteiger partial charge in [0.2, 0.25) is 0 Å². The Balaban J connectivity index is 2.08. The van der Waals surface area contributed by atoms with Crippen LogP contribution in [-0.4, -0.2) is 37.0 Å². The zero-order valence-corrected chi connectivity index (χ0v) is 15.0. The van der Waals surface area contributed by atoms with Crippen molar-refractivity contribution in [3.8, 4) is 0 Å². The van der Waals surface area contributed by atoms with Crippen molar-refractivity contribution in [3.63, 3.8) is 0 Å². The van der Waals surface area contributed by atoms with E-state index in [-0.39, 0.29) is 11.4 Å². The minimum atomic E-state index is -1.01. The smallest absolute Gasteiger partial charge is 0.191 e. The monoisotopic (exact) mass is 379 g/mol. The molecule has 0 saturated heterocycles. The molecule has 0 aliphatic heterocycles. The number of fused-ring (bicyclic) bond motifs is 1. The van der Waals surface area contributed by atoms with Gasteiger partial charge in [0.15, 0.2) is 16.6 Å². The van der Waals surface area contributed by atoms with Gasteiger partial charge in [-0.05, 0) is 18.6 Å². The summed E-state index contributed by atoms with van der Waals surface area (Å²) in [5.74, 6) is -0.463. The van der Waals surface area contributed by atoms with Crippen molar-refractivity contribution in [3.05, 3.63) is 41.7 Å². The van der Waals surface area contributed by atoms with Crippen LogP contribution in [-0.2, 0) is 0 Å². The molecule has 26 heavy (non-hydrogen) atoms. The van der Waals surface area contributed by atoms with E-state index in [9.17, 15) is 13.9 Å². The molecule has 0 aliphatic carbocycles. The van der Waals surface area contributed by atoms with Crippen LogP contribution in [0, 0.1) is 11.6 Å². The number of nitrogens with two attached hydrogens (primary N) is 1. The van der Waals surface area contributed by atoms with Crippen molar-refractivity contribution in [2.24, 2.45) is 0 Å². The molecule has 2 heterocycles. The number of aliphatic hydroxyl groups is 1. The number of aliphatic hydroxyl groups excluding tert-OH is 1. The highest BCUT2D eigenvalue weighted by Gasteiger charge is 2.24. The van der Waals surface area contributed by atoms with Crippen LogP contribution in [0.2, 0.25) is 0 Å². The Morgan fingerprint density at radius 2 is 2.00 bits per heavy atom. The highest BCUT2D eigenvalue weighted by Crippen LogP contribution is 2.29. The molecule has 3 aromatic rings. The topological polar surface area (TPSA) is 89.8 Å². The lowest BCUT2D eigenvalue weighted by Gasteiger charge is -2.18. The van der Waals surface area contributed by atoms with E-state index in [1.54, 1.807) is 0 Å². The van der Waals surface area contributed by atoms with Gasteiger partial charge in [-0.25, -0.2) is 23.7 Å². The first-order chi connectivity index (χ1) is 12.6. The number of nitrogens with zero attached hydrogens (tertiary/aromatic N) is 4. The molecule has 1 unspecified atom stereocenters. The summed E-state index contributed by atoms with van der Waals surface area (Å²) < 4.78 is 29.8. The van der Waals surface area contributed by atoms with Crippen LogP contribution in [0.4, 0.5) is 14.6 Å². The van der Waals surface area contributed by atoms with E-state index in [1.807, 2.05) is 0 Å². The van der Waals surface area contributed by atoms with Crippen LogP contribution >= 0.6 is 11.8 Å². The van der Waals surface area contributed by atoms with Crippen LogP contribution in [0.25, 0.3) is 11.2 Å². The van der Waals surface area contributed by atoms with Gasteiger partial charge in [0.1, 0.15) is 17.2 Å². The van der Waals surface area contributed by atoms with Crippen LogP contribution in [0.1, 0.15) is 31.4 Å². The molecule has 2 aromatic heterocycles. The van der Waals surface area contributed by atoms with E-state index in [4.69, 9.17) is 5.73 Å². The number of hydrogen-bond donors (Lipinski definition) is 2. The van der Waals surface area contributed by atoms with Crippen molar-refractivity contribution >= 4 is 28.7 Å². The second-order valence-electron chi connectivity index (χ2n) is 5.75. The second kappa shape index (κ2) is 7.96. The summed E-state index contributed by atoms with van der Waals surface area (Å²) in [5, 5.41) is 10.3. The molecule has 9 heteroatoms. The van der Waals surface area contributed by atoms with Gasteiger partial charge >= 0.3 is 0 Å². The van der Waals surface area contributed by atoms with Gasteiger partial charge in [0, 0.05) is 11.3 Å². The van der Waals surface area contributed by atoms with Crippen molar-refractivity contribution in [2.45, 2.75) is 31.0 Å². The van der Waals surface area contributed by atoms with Gasteiger partial charge in [0.05, 0.1) is 19.0 Å². The Morgan fingerprint density at radius 3 is 2.65 bits per heavy atom. The lowest BCUT2D eigenvalue weighted by atomic mass is 10.1. The third kappa shape index (κ3) is 3.49. The lowest BCUT2D eigenvalue weighted by molar-refractivity contribution is 0.245. The molecule has 0 radical (unpaired) electrons. The zero-order valence-electron chi connectivity index (χ0n) is 14.2. The van der Waals surface area contributed by atoms with E-state index >= 15 is 0 Å². The number of imidazole rings is 1. The van der Waals surface area contributed by atoms with Gasteiger partial charge in [-0.1, -0.05) is 31.2 Å². The highest BCUT2D eigenvalue weighted by molar-refractivity contribution is 7.99. The molecule has 0 saturated carbocycles. The number of nitrogen functional groups attached to an aromatic ring is 1. The first kappa shape index (κ1) is 18.5. The van der Waals surface area contributed by atoms with Crippen LogP contribution in [0.3, 0.4) is 0 Å². The summed E-state index contributed by atoms with van der Waals surface area (Å²) in [7, 11) is 0. The third-order valence-corrected chi connectivity index (χ3v) is 4.93. The maximum absolute atomic E-state index is 14.2. The molecule has 1 atom stereocenters. The lowest BCUT2D eigenvalue weighted by Crippen LogP contribution is -2.18. The minimum Gasteiger partial charge on any atom is -0.394 e. The maximum atomic E-state index is 14.2. The number of rotatable bonds is 7. The quantitative estimate of drug-likeness (QED) is 0.372. The Bertz CT molecular complexity index is 897. The molecule has 3 rings (SSSR count). The summed E-state index contributed by atoms with van der Waals surface area (Å²) in [6.45, 7) is 1.56. The number of unbranched alkanes of at least 4 members (excludes halogenated alkanes) is 1. The van der Waals surface area contributed by atoms with Gasteiger partial charge in [-0.3, -0.25) is 0 Å². The molecular formula is C17H19F2N5OS. The van der Waals surface area contributed by atoms with Gasteiger partial charge in [-0.2, -0.15) is 0 Å². The average molecular weight is 379 g/mol. The fourth-order valence-electron chi connectivity index (χ4n) is 2.67. The van der Waals surface area contributed by atoms with Crippen LogP contribution in [0.5, 0.6) is 0 Å². The Morgan fingerprint density at radius 1 is 1.27 bits per heavy atom. The molecule has 0 spiro atoms. The second-order valence-corrected chi connectivity index (χ2v) is 6.81. The summed E-state index contributed by atoms with van der Waals surface area (Å²) in [6.07, 6.45) is 3.41. The zero-order chi connectivity index (χ0) is 18.7. The number of benzene rings is 1. The number of halogens is 2. The Hall–Kier alpha value is -2.26. The largest absolute Gasteiger partial charge is 0.394 e. The van der Waals surface area contributed by atoms with E-state index in [1.165, 1.54) is 28.7 Å². The van der Waals surface area contributed by atoms with Gasteiger partial charge in [-0.15, -0.1) is 0 Å². The SMILES string of the molecule is CCCCSc1nc(N)c2ncn(C(CO)c3c(F)cccc3F)c2n1. The number of anilines is 1. The van der Waals surface area contributed by atoms with Crippen LogP contribution in [0.15, 0.2) is 29.7 Å². The molecule has 0 aliphatic rings. The normalized spacial score (nSPS) is 12.6. The first-order valence-corrected chi connectivity index (χ1v) is 9.23. The summed E-state index contributed by atoms with van der Waals surface area (Å²) in [5.41, 5.74) is 6.38.